The number of ether oxygens (including phenoxy) is 2. The summed E-state index contributed by atoms with van der Waals surface area (Å²) < 4.78 is 12.7. The van der Waals surface area contributed by atoms with E-state index in [1.165, 1.54) is 19.8 Å². The standard InChI is InChI=1S/C26H30ClNO5/c1-32-22-14-21(15-23(33-2)25(22)27)26(31)20(10-6-9-18-7-4-3-5-8-18)17-28-12-11-19(16-28)13-24(29)30/h3-5,7-8,11-12,14-16,20,26,31H,6,9-10,13,17H2,1-2H3,(H,29,30)/t20-,26?/m1/s1. The molecule has 33 heavy (non-hydrogen) atoms. The fourth-order valence-electron chi connectivity index (χ4n) is 4.05. The molecule has 0 saturated carbocycles. The molecule has 0 radical (unpaired) electrons. The minimum Gasteiger partial charge on any atom is -0.495 e. The fourth-order valence-corrected chi connectivity index (χ4v) is 4.31. The molecule has 0 aliphatic carbocycles. The highest BCUT2D eigenvalue weighted by Gasteiger charge is 2.24. The third kappa shape index (κ3) is 6.76. The summed E-state index contributed by atoms with van der Waals surface area (Å²) in [4.78, 5) is 11.0. The molecule has 2 aromatic carbocycles. The lowest BCUT2D eigenvalue weighted by Crippen LogP contribution is -2.19. The Morgan fingerprint density at radius 2 is 1.73 bits per heavy atom. The fraction of sp³-hybridized carbons (Fsp3) is 0.346. The second-order valence-electron chi connectivity index (χ2n) is 8.11. The summed E-state index contributed by atoms with van der Waals surface area (Å²) in [5, 5.41) is 20.8. The smallest absolute Gasteiger partial charge is 0.307 e. The summed E-state index contributed by atoms with van der Waals surface area (Å²) in [5.74, 6) is -0.0995. The van der Waals surface area contributed by atoms with Crippen molar-refractivity contribution < 1.29 is 24.5 Å². The van der Waals surface area contributed by atoms with E-state index in [0.29, 0.717) is 28.6 Å². The van der Waals surface area contributed by atoms with Gasteiger partial charge in [-0.25, -0.2) is 0 Å². The quantitative estimate of drug-likeness (QED) is 0.381. The van der Waals surface area contributed by atoms with Crippen molar-refractivity contribution >= 4 is 17.6 Å². The van der Waals surface area contributed by atoms with Gasteiger partial charge >= 0.3 is 5.97 Å². The number of rotatable bonds is 12. The van der Waals surface area contributed by atoms with E-state index in [1.54, 1.807) is 18.2 Å². The summed E-state index contributed by atoms with van der Waals surface area (Å²) in [6.07, 6.45) is 5.46. The van der Waals surface area contributed by atoms with Gasteiger partial charge in [0.1, 0.15) is 16.5 Å². The third-order valence-corrected chi connectivity index (χ3v) is 6.12. The van der Waals surface area contributed by atoms with Gasteiger partial charge in [0.05, 0.1) is 26.7 Å². The van der Waals surface area contributed by atoms with Crippen LogP contribution in [0.5, 0.6) is 11.5 Å². The van der Waals surface area contributed by atoms with E-state index in [2.05, 4.69) is 12.1 Å². The van der Waals surface area contributed by atoms with Gasteiger partial charge in [-0.1, -0.05) is 41.9 Å². The maximum Gasteiger partial charge on any atom is 0.307 e. The molecule has 0 saturated heterocycles. The lowest BCUT2D eigenvalue weighted by molar-refractivity contribution is -0.136. The monoisotopic (exact) mass is 471 g/mol. The molecule has 0 aliphatic heterocycles. The molecule has 3 aromatic rings. The molecule has 3 rings (SSSR count). The Balaban J connectivity index is 1.81. The third-order valence-electron chi connectivity index (χ3n) is 5.75. The Bertz CT molecular complexity index is 1020. The van der Waals surface area contributed by atoms with Crippen molar-refractivity contribution in [2.75, 3.05) is 14.2 Å². The van der Waals surface area contributed by atoms with Crippen LogP contribution in [0.1, 0.15) is 35.6 Å². The molecule has 1 aromatic heterocycles. The molecule has 2 atom stereocenters. The van der Waals surface area contributed by atoms with Crippen LogP contribution in [0.4, 0.5) is 0 Å². The van der Waals surface area contributed by atoms with Crippen molar-refractivity contribution in [1.82, 2.24) is 4.57 Å². The van der Waals surface area contributed by atoms with Crippen LogP contribution >= 0.6 is 11.6 Å². The van der Waals surface area contributed by atoms with Crippen molar-refractivity contribution in [2.24, 2.45) is 5.92 Å². The first-order chi connectivity index (χ1) is 15.9. The number of hydrogen-bond acceptors (Lipinski definition) is 4. The van der Waals surface area contributed by atoms with Gasteiger partial charge in [0.2, 0.25) is 0 Å². The number of aryl methyl sites for hydroxylation is 1. The molecule has 6 nitrogen and oxygen atoms in total. The van der Waals surface area contributed by atoms with Crippen molar-refractivity contribution in [3.8, 4) is 11.5 Å². The zero-order valence-corrected chi connectivity index (χ0v) is 19.7. The topological polar surface area (TPSA) is 80.9 Å². The average molecular weight is 472 g/mol. The number of nitrogens with zero attached hydrogens (tertiary/aromatic N) is 1. The van der Waals surface area contributed by atoms with Gasteiger partial charge in [0.25, 0.3) is 0 Å². The van der Waals surface area contributed by atoms with Crippen LogP contribution in [0.3, 0.4) is 0 Å². The van der Waals surface area contributed by atoms with Crippen LogP contribution in [0, 0.1) is 5.92 Å². The Kier molecular flexibility index (Phi) is 8.80. The summed E-state index contributed by atoms with van der Waals surface area (Å²) in [6.45, 7) is 0.544. The summed E-state index contributed by atoms with van der Waals surface area (Å²) in [5.41, 5.74) is 2.65. The SMILES string of the molecule is COc1cc(C(O)[C@H](CCCc2ccccc2)Cn2ccc(CC(=O)O)c2)cc(OC)c1Cl. The number of aliphatic hydroxyl groups is 1. The molecule has 0 fully saturated rings. The zero-order chi connectivity index (χ0) is 23.8. The minimum absolute atomic E-state index is 0.0280. The average Bonchev–Trinajstić information content (AvgIpc) is 3.24. The highest BCUT2D eigenvalue weighted by atomic mass is 35.5. The molecule has 0 amide bonds. The van der Waals surface area contributed by atoms with Crippen LogP contribution in [0.15, 0.2) is 60.9 Å². The van der Waals surface area contributed by atoms with Crippen LogP contribution in [-0.2, 0) is 24.2 Å². The van der Waals surface area contributed by atoms with E-state index < -0.39 is 12.1 Å². The van der Waals surface area contributed by atoms with Crippen LogP contribution < -0.4 is 9.47 Å². The second-order valence-corrected chi connectivity index (χ2v) is 8.49. The number of aromatic nitrogens is 1. The van der Waals surface area contributed by atoms with Crippen molar-refractivity contribution in [3.05, 3.63) is 82.6 Å². The van der Waals surface area contributed by atoms with E-state index in [-0.39, 0.29) is 12.3 Å². The highest BCUT2D eigenvalue weighted by Crippen LogP contribution is 2.39. The number of hydrogen-bond donors (Lipinski definition) is 2. The summed E-state index contributed by atoms with van der Waals surface area (Å²) >= 11 is 6.31. The summed E-state index contributed by atoms with van der Waals surface area (Å²) in [7, 11) is 3.05. The van der Waals surface area contributed by atoms with E-state index in [4.69, 9.17) is 26.2 Å². The van der Waals surface area contributed by atoms with Crippen molar-refractivity contribution in [1.29, 1.82) is 0 Å². The van der Waals surface area contributed by atoms with E-state index in [1.807, 2.05) is 35.2 Å². The second kappa shape index (κ2) is 11.8. The number of aliphatic carboxylic acids is 1. The molecule has 0 aliphatic rings. The Labute approximate surface area is 199 Å². The lowest BCUT2D eigenvalue weighted by Gasteiger charge is -2.25. The van der Waals surface area contributed by atoms with Crippen LogP contribution in [0.2, 0.25) is 5.02 Å². The van der Waals surface area contributed by atoms with Gasteiger partial charge in [-0.15, -0.1) is 0 Å². The zero-order valence-electron chi connectivity index (χ0n) is 18.9. The van der Waals surface area contributed by atoms with Crippen LogP contribution in [0.25, 0.3) is 0 Å². The van der Waals surface area contributed by atoms with Gasteiger partial charge in [-0.05, 0) is 54.2 Å². The maximum atomic E-state index is 11.4. The van der Waals surface area contributed by atoms with Gasteiger partial charge in [0, 0.05) is 24.9 Å². The van der Waals surface area contributed by atoms with E-state index in [0.717, 1.165) is 24.8 Å². The molecule has 1 unspecified atom stereocenters. The first-order valence-electron chi connectivity index (χ1n) is 10.9. The van der Waals surface area contributed by atoms with E-state index >= 15 is 0 Å². The molecule has 1 heterocycles. The Hall–Kier alpha value is -2.96. The molecule has 176 valence electrons. The first-order valence-corrected chi connectivity index (χ1v) is 11.3. The molecular weight excluding hydrogens is 442 g/mol. The molecule has 7 heteroatoms. The molecule has 2 N–H and O–H groups in total. The number of carbonyl (C=O) groups is 1. The minimum atomic E-state index is -0.868. The predicted octanol–water partition coefficient (Wildman–Crippen LogP) is 5.16. The highest BCUT2D eigenvalue weighted by molar-refractivity contribution is 6.33. The Morgan fingerprint density at radius 1 is 1.06 bits per heavy atom. The van der Waals surface area contributed by atoms with Crippen LogP contribution in [-0.4, -0.2) is 35.0 Å². The maximum absolute atomic E-state index is 11.4. The number of halogens is 1. The number of methoxy groups -OCH3 is 2. The molecule has 0 bridgehead atoms. The summed E-state index contributed by atoms with van der Waals surface area (Å²) in [6, 6.07) is 15.5. The number of aliphatic hydroxyl groups excluding tert-OH is 1. The number of benzene rings is 2. The lowest BCUT2D eigenvalue weighted by atomic mass is 9.90. The largest absolute Gasteiger partial charge is 0.495 e. The number of carboxylic acid groups (broad SMARTS) is 1. The normalized spacial score (nSPS) is 12.8. The predicted molar refractivity (Wildman–Crippen MR) is 128 cm³/mol. The number of carboxylic acids is 1. The Morgan fingerprint density at radius 3 is 2.33 bits per heavy atom. The van der Waals surface area contributed by atoms with Gasteiger partial charge in [-0.3, -0.25) is 4.79 Å². The van der Waals surface area contributed by atoms with Crippen molar-refractivity contribution in [3.63, 3.8) is 0 Å². The van der Waals surface area contributed by atoms with Gasteiger partial charge in [0.15, 0.2) is 0 Å². The molecular formula is C26H30ClNO5. The molecule has 0 spiro atoms. The van der Waals surface area contributed by atoms with Gasteiger partial charge < -0.3 is 24.3 Å². The van der Waals surface area contributed by atoms with Gasteiger partial charge in [-0.2, -0.15) is 0 Å². The van der Waals surface area contributed by atoms with Crippen molar-refractivity contribution in [2.45, 2.75) is 38.3 Å². The van der Waals surface area contributed by atoms with E-state index in [9.17, 15) is 9.90 Å². The first kappa shape index (κ1) is 24.7.